The number of carbonyl (C=O) groups excluding carboxylic acids is 1. The van der Waals surface area contributed by atoms with E-state index in [1.807, 2.05) is 23.1 Å². The molecule has 19 heavy (non-hydrogen) atoms. The number of benzene rings is 1. The van der Waals surface area contributed by atoms with Crippen molar-refractivity contribution in [2.45, 2.75) is 20.3 Å². The van der Waals surface area contributed by atoms with Crippen molar-refractivity contribution in [1.29, 1.82) is 0 Å². The summed E-state index contributed by atoms with van der Waals surface area (Å²) in [6.07, 6.45) is 1.19. The van der Waals surface area contributed by atoms with E-state index in [2.05, 4.69) is 29.8 Å². The van der Waals surface area contributed by atoms with Crippen LogP contribution in [0.3, 0.4) is 0 Å². The molecule has 0 aromatic heterocycles. The summed E-state index contributed by atoms with van der Waals surface area (Å²) in [5, 5.41) is 0. The highest BCUT2D eigenvalue weighted by Gasteiger charge is 2.27. The van der Waals surface area contributed by atoms with E-state index in [-0.39, 0.29) is 5.91 Å². The highest BCUT2D eigenvalue weighted by atomic mass is 79.9. The van der Waals surface area contributed by atoms with Gasteiger partial charge in [-0.25, -0.2) is 0 Å². The topological polar surface area (TPSA) is 29.5 Å². The molecule has 2 unspecified atom stereocenters. The van der Waals surface area contributed by atoms with E-state index in [0.717, 1.165) is 17.6 Å². The number of rotatable bonds is 2. The van der Waals surface area contributed by atoms with E-state index < -0.39 is 0 Å². The van der Waals surface area contributed by atoms with Crippen molar-refractivity contribution in [3.05, 3.63) is 28.2 Å². The molecule has 0 aliphatic carbocycles. The Kier molecular flexibility index (Phi) is 4.50. The van der Waals surface area contributed by atoms with Gasteiger partial charge in [-0.3, -0.25) is 4.79 Å². The van der Waals surface area contributed by atoms with Crippen LogP contribution in [0.1, 0.15) is 30.6 Å². The lowest BCUT2D eigenvalue weighted by Gasteiger charge is -2.35. The predicted molar refractivity (Wildman–Crippen MR) is 79.5 cm³/mol. The first kappa shape index (κ1) is 14.4. The summed E-state index contributed by atoms with van der Waals surface area (Å²) >= 11 is 3.42. The van der Waals surface area contributed by atoms with Gasteiger partial charge in [0.1, 0.15) is 5.75 Å². The fraction of sp³-hybridized carbons (Fsp3) is 0.533. The Bertz CT molecular complexity index is 465. The maximum absolute atomic E-state index is 12.6. The number of hydrogen-bond acceptors (Lipinski definition) is 2. The van der Waals surface area contributed by atoms with Crippen molar-refractivity contribution in [3.63, 3.8) is 0 Å². The third-order valence-electron chi connectivity index (χ3n) is 3.55. The van der Waals surface area contributed by atoms with E-state index in [4.69, 9.17) is 4.74 Å². The van der Waals surface area contributed by atoms with Gasteiger partial charge in [0.05, 0.1) is 12.7 Å². The number of hydrogen-bond donors (Lipinski definition) is 0. The highest BCUT2D eigenvalue weighted by molar-refractivity contribution is 9.10. The Morgan fingerprint density at radius 3 is 2.53 bits per heavy atom. The van der Waals surface area contributed by atoms with Gasteiger partial charge < -0.3 is 9.64 Å². The Morgan fingerprint density at radius 2 is 1.95 bits per heavy atom. The van der Waals surface area contributed by atoms with E-state index in [9.17, 15) is 4.79 Å². The molecular formula is C15H20BrNO2. The smallest absolute Gasteiger partial charge is 0.257 e. The molecular weight excluding hydrogens is 306 g/mol. The van der Waals surface area contributed by atoms with Crippen molar-refractivity contribution < 1.29 is 9.53 Å². The van der Waals surface area contributed by atoms with Gasteiger partial charge in [-0.1, -0.05) is 29.8 Å². The van der Waals surface area contributed by atoms with E-state index in [1.165, 1.54) is 6.42 Å². The van der Waals surface area contributed by atoms with Crippen molar-refractivity contribution in [2.24, 2.45) is 11.8 Å². The van der Waals surface area contributed by atoms with E-state index in [0.29, 0.717) is 23.1 Å². The molecule has 0 spiro atoms. The van der Waals surface area contributed by atoms with Crippen LogP contribution in [0.15, 0.2) is 22.7 Å². The molecule has 0 radical (unpaired) electrons. The van der Waals surface area contributed by atoms with Crippen molar-refractivity contribution in [3.8, 4) is 5.75 Å². The summed E-state index contributed by atoms with van der Waals surface area (Å²) in [6.45, 7) is 6.07. The first-order valence-corrected chi connectivity index (χ1v) is 7.43. The fourth-order valence-electron chi connectivity index (χ4n) is 2.85. The molecule has 0 saturated carbocycles. The first-order valence-electron chi connectivity index (χ1n) is 6.64. The molecule has 4 heteroatoms. The summed E-state index contributed by atoms with van der Waals surface area (Å²) in [6, 6.07) is 5.55. The molecule has 1 aromatic carbocycles. The van der Waals surface area contributed by atoms with Crippen LogP contribution in [0.5, 0.6) is 5.75 Å². The maximum atomic E-state index is 12.6. The van der Waals surface area contributed by atoms with Crippen LogP contribution in [-0.4, -0.2) is 31.0 Å². The maximum Gasteiger partial charge on any atom is 0.257 e. The monoisotopic (exact) mass is 325 g/mol. The summed E-state index contributed by atoms with van der Waals surface area (Å²) in [7, 11) is 1.60. The second kappa shape index (κ2) is 5.95. The molecule has 1 amide bonds. The van der Waals surface area contributed by atoms with Crippen LogP contribution in [0, 0.1) is 11.8 Å². The van der Waals surface area contributed by atoms with Gasteiger partial charge in [0, 0.05) is 17.6 Å². The summed E-state index contributed by atoms with van der Waals surface area (Å²) in [5.74, 6) is 1.83. The SMILES string of the molecule is COc1ccc(Br)cc1C(=O)N1CC(C)CC(C)C1. The van der Waals surface area contributed by atoms with Gasteiger partial charge in [0.25, 0.3) is 5.91 Å². The Morgan fingerprint density at radius 1 is 1.32 bits per heavy atom. The molecule has 1 aromatic rings. The van der Waals surface area contributed by atoms with Crippen LogP contribution in [0.25, 0.3) is 0 Å². The highest BCUT2D eigenvalue weighted by Crippen LogP contribution is 2.27. The molecule has 2 rings (SSSR count). The number of ether oxygens (including phenoxy) is 1. The summed E-state index contributed by atoms with van der Waals surface area (Å²) in [5.41, 5.74) is 0.637. The zero-order valence-corrected chi connectivity index (χ0v) is 13.2. The van der Waals surface area contributed by atoms with Gasteiger partial charge in [-0.05, 0) is 36.5 Å². The third-order valence-corrected chi connectivity index (χ3v) is 4.04. The summed E-state index contributed by atoms with van der Waals surface area (Å²) < 4.78 is 6.20. The van der Waals surface area contributed by atoms with Crippen LogP contribution in [-0.2, 0) is 0 Å². The predicted octanol–water partition coefficient (Wildman–Crippen LogP) is 3.58. The van der Waals surface area contributed by atoms with Crippen LogP contribution < -0.4 is 4.74 Å². The van der Waals surface area contributed by atoms with Gasteiger partial charge >= 0.3 is 0 Å². The average Bonchev–Trinajstić information content (AvgIpc) is 2.36. The second-order valence-electron chi connectivity index (χ2n) is 5.50. The minimum Gasteiger partial charge on any atom is -0.496 e. The second-order valence-corrected chi connectivity index (χ2v) is 6.42. The third kappa shape index (κ3) is 3.30. The number of carbonyl (C=O) groups is 1. The van der Waals surface area contributed by atoms with E-state index >= 15 is 0 Å². The number of methoxy groups -OCH3 is 1. The molecule has 1 heterocycles. The lowest BCUT2D eigenvalue weighted by Crippen LogP contribution is -2.42. The Balaban J connectivity index is 2.26. The fourth-order valence-corrected chi connectivity index (χ4v) is 3.21. The van der Waals surface area contributed by atoms with Gasteiger partial charge in [-0.2, -0.15) is 0 Å². The van der Waals surface area contributed by atoms with Gasteiger partial charge in [0.15, 0.2) is 0 Å². The van der Waals surface area contributed by atoms with Gasteiger partial charge in [-0.15, -0.1) is 0 Å². The van der Waals surface area contributed by atoms with Crippen molar-refractivity contribution >= 4 is 21.8 Å². The average molecular weight is 326 g/mol. The van der Waals surface area contributed by atoms with Crippen molar-refractivity contribution in [2.75, 3.05) is 20.2 Å². The Hall–Kier alpha value is -1.03. The number of halogens is 1. The molecule has 0 bridgehead atoms. The Labute approximate surface area is 123 Å². The van der Waals surface area contributed by atoms with Gasteiger partial charge in [0.2, 0.25) is 0 Å². The quantitative estimate of drug-likeness (QED) is 0.831. The molecule has 3 nitrogen and oxygen atoms in total. The molecule has 104 valence electrons. The van der Waals surface area contributed by atoms with Crippen LogP contribution in [0.4, 0.5) is 0 Å². The number of piperidine rings is 1. The minimum atomic E-state index is 0.0662. The van der Waals surface area contributed by atoms with Crippen LogP contribution >= 0.6 is 15.9 Å². The summed E-state index contributed by atoms with van der Waals surface area (Å²) in [4.78, 5) is 14.6. The number of nitrogens with zero attached hydrogens (tertiary/aromatic N) is 1. The standard InChI is InChI=1S/C15H20BrNO2/c1-10-6-11(2)9-17(8-10)15(18)13-7-12(16)4-5-14(13)19-3/h4-5,7,10-11H,6,8-9H2,1-3H3. The van der Waals surface area contributed by atoms with Crippen LogP contribution in [0.2, 0.25) is 0 Å². The minimum absolute atomic E-state index is 0.0662. The molecule has 1 aliphatic heterocycles. The van der Waals surface area contributed by atoms with E-state index in [1.54, 1.807) is 7.11 Å². The number of amides is 1. The normalized spacial score (nSPS) is 23.3. The molecule has 2 atom stereocenters. The zero-order valence-electron chi connectivity index (χ0n) is 11.6. The lowest BCUT2D eigenvalue weighted by atomic mass is 9.91. The molecule has 0 N–H and O–H groups in total. The molecule has 1 saturated heterocycles. The largest absolute Gasteiger partial charge is 0.496 e. The molecule has 1 aliphatic rings. The molecule has 1 fully saturated rings. The zero-order chi connectivity index (χ0) is 14.0. The first-order chi connectivity index (χ1) is 9.01. The number of likely N-dealkylation sites (tertiary alicyclic amines) is 1. The lowest BCUT2D eigenvalue weighted by molar-refractivity contribution is 0.0620. The van der Waals surface area contributed by atoms with Crippen molar-refractivity contribution in [1.82, 2.24) is 4.90 Å².